The molecule has 0 aliphatic heterocycles. The lowest BCUT2D eigenvalue weighted by molar-refractivity contribution is 0.825. The van der Waals surface area contributed by atoms with E-state index in [9.17, 15) is 0 Å². The fourth-order valence-electron chi connectivity index (χ4n) is 2.12. The van der Waals surface area contributed by atoms with E-state index >= 15 is 0 Å². The molecule has 0 aliphatic carbocycles. The molecule has 7 nitrogen and oxygen atoms in total. The number of nitrogen functional groups attached to an aromatic ring is 1. The minimum absolute atomic E-state index is 0.141. The number of anilines is 4. The number of rotatable bonds is 7. The smallest absolute Gasteiger partial charge is 0.235 e. The van der Waals surface area contributed by atoms with E-state index in [4.69, 9.17) is 28.9 Å². The number of nitrogens with one attached hydrogen (secondary N) is 2. The first kappa shape index (κ1) is 18.6. The van der Waals surface area contributed by atoms with Crippen LogP contribution in [0.5, 0.6) is 0 Å². The Morgan fingerprint density at radius 2 is 1.88 bits per heavy atom. The van der Waals surface area contributed by atoms with E-state index in [2.05, 4.69) is 37.5 Å². The number of unbranched alkanes of at least 4 members (excludes halogenated alkanes) is 1. The highest BCUT2D eigenvalue weighted by Crippen LogP contribution is 2.31. The van der Waals surface area contributed by atoms with Crippen LogP contribution in [0.25, 0.3) is 11.3 Å². The van der Waals surface area contributed by atoms with Crippen molar-refractivity contribution in [1.29, 1.82) is 0 Å². The minimum atomic E-state index is 0.141. The highest BCUT2D eigenvalue weighted by Gasteiger charge is 2.10. The van der Waals surface area contributed by atoms with Crippen LogP contribution in [0.1, 0.15) is 19.8 Å². The largest absolute Gasteiger partial charge is 0.368 e. The Labute approximate surface area is 165 Å². The zero-order chi connectivity index (χ0) is 18.5. The summed E-state index contributed by atoms with van der Waals surface area (Å²) in [7, 11) is 0. The van der Waals surface area contributed by atoms with E-state index in [0.717, 1.165) is 30.6 Å². The number of nitrogens with zero attached hydrogens (tertiary/aromatic N) is 4. The van der Waals surface area contributed by atoms with Gasteiger partial charge in [0.15, 0.2) is 5.13 Å². The second-order valence-corrected chi connectivity index (χ2v) is 7.09. The van der Waals surface area contributed by atoms with Crippen molar-refractivity contribution in [2.75, 3.05) is 22.9 Å². The van der Waals surface area contributed by atoms with Crippen molar-refractivity contribution in [2.45, 2.75) is 19.8 Å². The van der Waals surface area contributed by atoms with E-state index in [1.807, 2.05) is 11.4 Å². The van der Waals surface area contributed by atoms with Gasteiger partial charge in [0, 0.05) is 17.5 Å². The molecule has 0 amide bonds. The van der Waals surface area contributed by atoms with Gasteiger partial charge in [0.1, 0.15) is 0 Å². The summed E-state index contributed by atoms with van der Waals surface area (Å²) >= 11 is 13.4. The van der Waals surface area contributed by atoms with Gasteiger partial charge >= 0.3 is 0 Å². The molecule has 0 aliphatic rings. The molecule has 136 valence electrons. The molecule has 0 unspecified atom stereocenters. The molecule has 0 bridgehead atoms. The van der Waals surface area contributed by atoms with E-state index < -0.39 is 0 Å². The van der Waals surface area contributed by atoms with Crippen LogP contribution in [0.2, 0.25) is 10.0 Å². The van der Waals surface area contributed by atoms with Gasteiger partial charge in [-0.25, -0.2) is 4.98 Å². The predicted octanol–water partition coefficient (Wildman–Crippen LogP) is 4.84. The number of hydrogen-bond acceptors (Lipinski definition) is 8. The molecular weight excluding hydrogens is 393 g/mol. The van der Waals surface area contributed by atoms with Crippen molar-refractivity contribution in [3.05, 3.63) is 33.6 Å². The fourth-order valence-corrected chi connectivity index (χ4v) is 3.13. The van der Waals surface area contributed by atoms with Crippen LogP contribution >= 0.6 is 34.5 Å². The molecule has 0 spiro atoms. The van der Waals surface area contributed by atoms with Gasteiger partial charge in [-0.1, -0.05) is 42.6 Å². The summed E-state index contributed by atoms with van der Waals surface area (Å²) in [5.41, 5.74) is 7.41. The zero-order valence-corrected chi connectivity index (χ0v) is 16.3. The normalized spacial score (nSPS) is 10.7. The van der Waals surface area contributed by atoms with Crippen LogP contribution in [-0.4, -0.2) is 26.5 Å². The molecular formula is C16H17Cl2N7S. The van der Waals surface area contributed by atoms with Crippen molar-refractivity contribution in [2.24, 2.45) is 0 Å². The van der Waals surface area contributed by atoms with Crippen LogP contribution in [-0.2, 0) is 0 Å². The third-order valence-corrected chi connectivity index (χ3v) is 4.90. The second-order valence-electron chi connectivity index (χ2n) is 5.41. The van der Waals surface area contributed by atoms with Gasteiger partial charge in [-0.05, 0) is 18.6 Å². The van der Waals surface area contributed by atoms with Gasteiger partial charge in [-0.2, -0.15) is 15.0 Å². The fraction of sp³-hybridized carbons (Fsp3) is 0.250. The maximum absolute atomic E-state index is 6.07. The number of halogens is 2. The lowest BCUT2D eigenvalue weighted by Crippen LogP contribution is -2.10. The van der Waals surface area contributed by atoms with Crippen LogP contribution in [0, 0.1) is 0 Å². The zero-order valence-electron chi connectivity index (χ0n) is 14.0. The first-order chi connectivity index (χ1) is 12.5. The maximum atomic E-state index is 6.07. The molecule has 3 rings (SSSR count). The molecule has 0 atom stereocenters. The average Bonchev–Trinajstić information content (AvgIpc) is 3.05. The topological polar surface area (TPSA) is 102 Å². The average molecular weight is 410 g/mol. The van der Waals surface area contributed by atoms with Gasteiger partial charge in [0.25, 0.3) is 0 Å². The SMILES string of the molecule is CCCCNc1nc(N)nc(Nc2nc(-c3ccc(Cl)c(Cl)c3)cs2)n1. The molecule has 0 radical (unpaired) electrons. The maximum Gasteiger partial charge on any atom is 0.235 e. The molecule has 1 aromatic carbocycles. The van der Waals surface area contributed by atoms with Crippen molar-refractivity contribution in [1.82, 2.24) is 19.9 Å². The van der Waals surface area contributed by atoms with Crippen LogP contribution < -0.4 is 16.4 Å². The van der Waals surface area contributed by atoms with Crippen LogP contribution in [0.3, 0.4) is 0 Å². The molecule has 10 heteroatoms. The van der Waals surface area contributed by atoms with E-state index in [0.29, 0.717) is 27.1 Å². The molecule has 4 N–H and O–H groups in total. The Morgan fingerprint density at radius 1 is 1.08 bits per heavy atom. The summed E-state index contributed by atoms with van der Waals surface area (Å²) < 4.78 is 0. The number of thiazole rings is 1. The molecule has 3 aromatic rings. The van der Waals surface area contributed by atoms with E-state index in [1.165, 1.54) is 11.3 Å². The first-order valence-electron chi connectivity index (χ1n) is 7.98. The number of aromatic nitrogens is 4. The molecule has 2 aromatic heterocycles. The van der Waals surface area contributed by atoms with Gasteiger partial charge in [0.05, 0.1) is 15.7 Å². The Morgan fingerprint density at radius 3 is 2.65 bits per heavy atom. The number of benzene rings is 1. The highest BCUT2D eigenvalue weighted by molar-refractivity contribution is 7.14. The van der Waals surface area contributed by atoms with E-state index in [1.54, 1.807) is 12.1 Å². The molecule has 0 saturated heterocycles. The molecule has 0 saturated carbocycles. The first-order valence-corrected chi connectivity index (χ1v) is 9.62. The van der Waals surface area contributed by atoms with Gasteiger partial charge in [-0.3, -0.25) is 5.32 Å². The number of hydrogen-bond donors (Lipinski definition) is 3. The van der Waals surface area contributed by atoms with Gasteiger partial charge in [0.2, 0.25) is 17.8 Å². The van der Waals surface area contributed by atoms with Crippen LogP contribution in [0.15, 0.2) is 23.6 Å². The summed E-state index contributed by atoms with van der Waals surface area (Å²) in [6.45, 7) is 2.89. The second kappa shape index (κ2) is 8.48. The minimum Gasteiger partial charge on any atom is -0.368 e. The summed E-state index contributed by atoms with van der Waals surface area (Å²) in [4.78, 5) is 17.0. The molecule has 2 heterocycles. The van der Waals surface area contributed by atoms with Crippen molar-refractivity contribution < 1.29 is 0 Å². The predicted molar refractivity (Wildman–Crippen MR) is 108 cm³/mol. The third-order valence-electron chi connectivity index (χ3n) is 3.40. The van der Waals surface area contributed by atoms with Crippen molar-refractivity contribution >= 4 is 57.5 Å². The molecule has 26 heavy (non-hydrogen) atoms. The lowest BCUT2D eigenvalue weighted by Gasteiger charge is -2.06. The Kier molecular flexibility index (Phi) is 6.08. The Bertz CT molecular complexity index is 900. The van der Waals surface area contributed by atoms with Gasteiger partial charge in [-0.15, -0.1) is 11.3 Å². The summed E-state index contributed by atoms with van der Waals surface area (Å²) in [5, 5.41) is 9.72. The van der Waals surface area contributed by atoms with Crippen molar-refractivity contribution in [3.63, 3.8) is 0 Å². The molecule has 0 fully saturated rings. The lowest BCUT2D eigenvalue weighted by atomic mass is 10.2. The highest BCUT2D eigenvalue weighted by atomic mass is 35.5. The summed E-state index contributed by atoms with van der Waals surface area (Å²) in [6, 6.07) is 5.38. The summed E-state index contributed by atoms with van der Waals surface area (Å²) in [6.07, 6.45) is 2.10. The summed E-state index contributed by atoms with van der Waals surface area (Å²) in [5.74, 6) is 0.920. The Balaban J connectivity index is 1.75. The van der Waals surface area contributed by atoms with E-state index in [-0.39, 0.29) is 5.95 Å². The van der Waals surface area contributed by atoms with Gasteiger partial charge < -0.3 is 11.1 Å². The van der Waals surface area contributed by atoms with Crippen LogP contribution in [0.4, 0.5) is 23.0 Å². The third kappa shape index (κ3) is 4.72. The standard InChI is InChI=1S/C16H17Cl2N7S/c1-2-3-6-20-14-22-13(19)23-15(24-14)25-16-21-12(8-26-16)9-4-5-10(17)11(18)7-9/h4-5,7-8H,2-3,6H2,1H3,(H4,19,20,21,22,23,24,25). The monoisotopic (exact) mass is 409 g/mol. The number of nitrogens with two attached hydrogens (primary N) is 1. The Hall–Kier alpha value is -2.16. The quantitative estimate of drug-likeness (QED) is 0.479. The van der Waals surface area contributed by atoms with Crippen molar-refractivity contribution in [3.8, 4) is 11.3 Å².